The van der Waals surface area contributed by atoms with E-state index in [9.17, 15) is 9.18 Å². The summed E-state index contributed by atoms with van der Waals surface area (Å²) in [5.41, 5.74) is 7.02. The molecule has 2 N–H and O–H groups in total. The van der Waals surface area contributed by atoms with Crippen molar-refractivity contribution in [3.05, 3.63) is 41.7 Å². The van der Waals surface area contributed by atoms with E-state index in [1.165, 1.54) is 12.1 Å². The standard InChI is InChI=1S/C16H21FN2O/c1-11(14-5-3-4-6-15(14)17)9-16(20)19-8-7-13(18)10-12(19)2/h3-6,9,12-13H,7-8,10,18H2,1-2H3/b11-9-. The fraction of sp³-hybridized carbons (Fsp3) is 0.438. The van der Waals surface area contributed by atoms with Crippen LogP contribution in [0.1, 0.15) is 32.3 Å². The molecule has 108 valence electrons. The van der Waals surface area contributed by atoms with Crippen LogP contribution in [0, 0.1) is 5.82 Å². The highest BCUT2D eigenvalue weighted by atomic mass is 19.1. The number of hydrogen-bond acceptors (Lipinski definition) is 2. The molecular formula is C16H21FN2O. The average molecular weight is 276 g/mol. The number of nitrogens with two attached hydrogens (primary N) is 1. The largest absolute Gasteiger partial charge is 0.336 e. The molecule has 1 aromatic rings. The molecule has 1 saturated heterocycles. The summed E-state index contributed by atoms with van der Waals surface area (Å²) in [7, 11) is 0. The highest BCUT2D eigenvalue weighted by Gasteiger charge is 2.26. The number of halogens is 1. The summed E-state index contributed by atoms with van der Waals surface area (Å²) >= 11 is 0. The quantitative estimate of drug-likeness (QED) is 0.844. The first-order valence-electron chi connectivity index (χ1n) is 6.98. The maximum atomic E-state index is 13.7. The highest BCUT2D eigenvalue weighted by Crippen LogP contribution is 2.20. The minimum absolute atomic E-state index is 0.0647. The number of nitrogens with zero attached hydrogens (tertiary/aromatic N) is 1. The zero-order chi connectivity index (χ0) is 14.7. The van der Waals surface area contributed by atoms with Gasteiger partial charge in [0.2, 0.25) is 5.91 Å². The summed E-state index contributed by atoms with van der Waals surface area (Å²) in [6.45, 7) is 4.43. The molecule has 0 spiro atoms. The Bertz CT molecular complexity index is 527. The summed E-state index contributed by atoms with van der Waals surface area (Å²) in [5.74, 6) is -0.368. The number of likely N-dealkylation sites (tertiary alicyclic amines) is 1. The second kappa shape index (κ2) is 6.18. The average Bonchev–Trinajstić information content (AvgIpc) is 2.38. The van der Waals surface area contributed by atoms with Gasteiger partial charge in [-0.15, -0.1) is 0 Å². The zero-order valence-corrected chi connectivity index (χ0v) is 12.0. The number of rotatable bonds is 2. The Morgan fingerprint density at radius 3 is 2.80 bits per heavy atom. The molecule has 0 saturated carbocycles. The third-order valence-corrected chi connectivity index (χ3v) is 3.84. The van der Waals surface area contributed by atoms with Crippen molar-refractivity contribution in [2.45, 2.75) is 38.8 Å². The minimum atomic E-state index is -0.303. The number of carbonyl (C=O) groups excluding carboxylic acids is 1. The van der Waals surface area contributed by atoms with Crippen molar-refractivity contribution in [1.29, 1.82) is 0 Å². The monoisotopic (exact) mass is 276 g/mol. The molecule has 2 unspecified atom stereocenters. The first-order valence-corrected chi connectivity index (χ1v) is 6.98. The van der Waals surface area contributed by atoms with Crippen molar-refractivity contribution in [1.82, 2.24) is 4.90 Å². The van der Waals surface area contributed by atoms with Crippen LogP contribution in [0.2, 0.25) is 0 Å². The Labute approximate surface area is 119 Å². The second-order valence-electron chi connectivity index (χ2n) is 5.47. The van der Waals surface area contributed by atoms with Gasteiger partial charge in [0.25, 0.3) is 0 Å². The first kappa shape index (κ1) is 14.7. The van der Waals surface area contributed by atoms with E-state index in [0.717, 1.165) is 12.8 Å². The first-order chi connectivity index (χ1) is 9.49. The molecule has 0 aliphatic carbocycles. The Morgan fingerprint density at radius 1 is 1.45 bits per heavy atom. The van der Waals surface area contributed by atoms with E-state index >= 15 is 0 Å². The van der Waals surface area contributed by atoms with Gasteiger partial charge in [-0.3, -0.25) is 4.79 Å². The number of carbonyl (C=O) groups is 1. The van der Waals surface area contributed by atoms with E-state index in [2.05, 4.69) is 0 Å². The van der Waals surface area contributed by atoms with Gasteiger partial charge in [-0.2, -0.15) is 0 Å². The fourth-order valence-electron chi connectivity index (χ4n) is 2.66. The SMILES string of the molecule is C/C(=C/C(=O)N1CCC(N)CC1C)c1ccccc1F. The molecule has 3 nitrogen and oxygen atoms in total. The van der Waals surface area contributed by atoms with Crippen molar-refractivity contribution in [3.63, 3.8) is 0 Å². The van der Waals surface area contributed by atoms with E-state index in [0.29, 0.717) is 17.7 Å². The Hall–Kier alpha value is -1.68. The maximum absolute atomic E-state index is 13.7. The number of allylic oxidation sites excluding steroid dienone is 1. The molecule has 20 heavy (non-hydrogen) atoms. The van der Waals surface area contributed by atoms with Crippen molar-refractivity contribution in [2.24, 2.45) is 5.73 Å². The van der Waals surface area contributed by atoms with E-state index < -0.39 is 0 Å². The minimum Gasteiger partial charge on any atom is -0.336 e. The van der Waals surface area contributed by atoms with Gasteiger partial charge in [-0.1, -0.05) is 18.2 Å². The van der Waals surface area contributed by atoms with Crippen LogP contribution in [0.25, 0.3) is 5.57 Å². The van der Waals surface area contributed by atoms with Crippen LogP contribution in [0.4, 0.5) is 4.39 Å². The van der Waals surface area contributed by atoms with E-state index in [1.54, 1.807) is 25.1 Å². The number of piperidine rings is 1. The van der Waals surface area contributed by atoms with Gasteiger partial charge in [-0.25, -0.2) is 4.39 Å². The smallest absolute Gasteiger partial charge is 0.247 e. The van der Waals surface area contributed by atoms with Crippen molar-refractivity contribution in [3.8, 4) is 0 Å². The van der Waals surface area contributed by atoms with Crippen molar-refractivity contribution in [2.75, 3.05) is 6.54 Å². The second-order valence-corrected chi connectivity index (χ2v) is 5.47. The van der Waals surface area contributed by atoms with Crippen molar-refractivity contribution < 1.29 is 9.18 Å². The molecule has 4 heteroatoms. The predicted molar refractivity (Wildman–Crippen MR) is 78.4 cm³/mol. The number of amides is 1. The lowest BCUT2D eigenvalue weighted by atomic mass is 9.98. The third kappa shape index (κ3) is 3.25. The summed E-state index contributed by atoms with van der Waals surface area (Å²) in [4.78, 5) is 14.1. The van der Waals surface area contributed by atoms with Crippen LogP contribution >= 0.6 is 0 Å². The predicted octanol–water partition coefficient (Wildman–Crippen LogP) is 2.57. The van der Waals surface area contributed by atoms with Gasteiger partial charge in [0.15, 0.2) is 0 Å². The lowest BCUT2D eigenvalue weighted by Gasteiger charge is -2.35. The van der Waals surface area contributed by atoms with Gasteiger partial charge >= 0.3 is 0 Å². The Morgan fingerprint density at radius 2 is 2.15 bits per heavy atom. The lowest BCUT2D eigenvalue weighted by molar-refractivity contribution is -0.129. The molecule has 1 aromatic carbocycles. The molecule has 0 bridgehead atoms. The number of benzene rings is 1. The molecule has 1 aliphatic rings. The molecule has 1 fully saturated rings. The van der Waals surface area contributed by atoms with Gasteiger partial charge in [0.1, 0.15) is 5.82 Å². The Balaban J connectivity index is 2.14. The molecule has 1 amide bonds. The lowest BCUT2D eigenvalue weighted by Crippen LogP contribution is -2.47. The van der Waals surface area contributed by atoms with Crippen LogP contribution in [0.15, 0.2) is 30.3 Å². The molecule has 0 radical (unpaired) electrons. The van der Waals surface area contributed by atoms with E-state index in [1.807, 2.05) is 11.8 Å². The zero-order valence-electron chi connectivity index (χ0n) is 12.0. The fourth-order valence-corrected chi connectivity index (χ4v) is 2.66. The van der Waals surface area contributed by atoms with Gasteiger partial charge in [-0.05, 0) is 38.3 Å². The maximum Gasteiger partial charge on any atom is 0.247 e. The van der Waals surface area contributed by atoms with Crippen LogP contribution in [0.3, 0.4) is 0 Å². The highest BCUT2D eigenvalue weighted by molar-refractivity contribution is 5.95. The molecule has 1 heterocycles. The van der Waals surface area contributed by atoms with Crippen molar-refractivity contribution >= 4 is 11.5 Å². The molecule has 2 atom stereocenters. The van der Waals surface area contributed by atoms with Crippen LogP contribution in [-0.2, 0) is 4.79 Å². The van der Waals surface area contributed by atoms with Gasteiger partial charge in [0, 0.05) is 30.3 Å². The van der Waals surface area contributed by atoms with E-state index in [4.69, 9.17) is 5.73 Å². The van der Waals surface area contributed by atoms with Crippen LogP contribution < -0.4 is 5.73 Å². The van der Waals surface area contributed by atoms with Gasteiger partial charge in [0.05, 0.1) is 0 Å². The Kier molecular flexibility index (Phi) is 4.55. The normalized spacial score (nSPS) is 23.8. The number of hydrogen-bond donors (Lipinski definition) is 1. The third-order valence-electron chi connectivity index (χ3n) is 3.84. The molecular weight excluding hydrogens is 255 g/mol. The molecule has 0 aromatic heterocycles. The summed E-state index contributed by atoms with van der Waals surface area (Å²) in [6.07, 6.45) is 3.16. The summed E-state index contributed by atoms with van der Waals surface area (Å²) < 4.78 is 13.7. The summed E-state index contributed by atoms with van der Waals surface area (Å²) in [5, 5.41) is 0. The molecule has 1 aliphatic heterocycles. The summed E-state index contributed by atoms with van der Waals surface area (Å²) in [6, 6.07) is 6.80. The topological polar surface area (TPSA) is 46.3 Å². The van der Waals surface area contributed by atoms with Gasteiger partial charge < -0.3 is 10.6 Å². The molecule has 2 rings (SSSR count). The van der Waals surface area contributed by atoms with Crippen LogP contribution in [0.5, 0.6) is 0 Å². The van der Waals surface area contributed by atoms with Crippen LogP contribution in [-0.4, -0.2) is 29.4 Å². The van der Waals surface area contributed by atoms with E-state index in [-0.39, 0.29) is 23.8 Å².